The van der Waals surface area contributed by atoms with E-state index in [1.807, 2.05) is 13.1 Å². The molecule has 0 aliphatic carbocycles. The van der Waals surface area contributed by atoms with Gasteiger partial charge in [0.05, 0.1) is 20.8 Å². The average Bonchev–Trinajstić information content (AvgIpc) is 2.93. The van der Waals surface area contributed by atoms with Crippen molar-refractivity contribution in [3.63, 3.8) is 0 Å². The second kappa shape index (κ2) is 7.34. The van der Waals surface area contributed by atoms with E-state index in [0.29, 0.717) is 0 Å². The highest BCUT2D eigenvalue weighted by molar-refractivity contribution is 7.18. The quantitative estimate of drug-likeness (QED) is 0.800. The summed E-state index contributed by atoms with van der Waals surface area (Å²) >= 11 is 1.79. The smallest absolute Gasteiger partial charge is 0.0955 e. The number of aromatic nitrogens is 1. The van der Waals surface area contributed by atoms with Crippen LogP contribution in [-0.4, -0.2) is 30.3 Å². The van der Waals surface area contributed by atoms with Gasteiger partial charge in [-0.25, -0.2) is 4.98 Å². The molecule has 1 unspecified atom stereocenters. The van der Waals surface area contributed by atoms with Gasteiger partial charge in [-0.15, -0.1) is 11.3 Å². The van der Waals surface area contributed by atoms with Crippen LogP contribution in [0.5, 0.6) is 0 Å². The first kappa shape index (κ1) is 16.4. The number of ether oxygens (including phenoxy) is 1. The molecule has 1 heterocycles. The topological polar surface area (TPSA) is 34.1 Å². The van der Waals surface area contributed by atoms with Crippen LogP contribution in [-0.2, 0) is 11.2 Å². The van der Waals surface area contributed by atoms with Crippen molar-refractivity contribution < 1.29 is 4.74 Å². The van der Waals surface area contributed by atoms with Crippen LogP contribution in [0.1, 0.15) is 38.6 Å². The number of fused-ring (bicyclic) bond motifs is 1. The van der Waals surface area contributed by atoms with Gasteiger partial charge in [0.2, 0.25) is 0 Å². The molecule has 21 heavy (non-hydrogen) atoms. The number of hydrogen-bond donors (Lipinski definition) is 1. The zero-order valence-electron chi connectivity index (χ0n) is 13.5. The van der Waals surface area contributed by atoms with Crippen molar-refractivity contribution in [2.75, 3.05) is 13.7 Å². The predicted octanol–water partition coefficient (Wildman–Crippen LogP) is 4.02. The van der Waals surface area contributed by atoms with Crippen LogP contribution in [0.15, 0.2) is 24.3 Å². The van der Waals surface area contributed by atoms with Gasteiger partial charge in [0.15, 0.2) is 0 Å². The first-order chi connectivity index (χ1) is 10.2. The SMILES string of the molecule is CCOC(CC)(CC)C(Cc1nc2ccccc2s1)NC. The number of rotatable bonds is 8. The lowest BCUT2D eigenvalue weighted by Crippen LogP contribution is -2.52. The normalized spacial score (nSPS) is 13.7. The van der Waals surface area contributed by atoms with Crippen molar-refractivity contribution in [1.29, 1.82) is 0 Å². The number of nitrogens with zero attached hydrogens (tertiary/aromatic N) is 1. The van der Waals surface area contributed by atoms with E-state index in [-0.39, 0.29) is 11.6 Å². The summed E-state index contributed by atoms with van der Waals surface area (Å²) in [6, 6.07) is 8.62. The fourth-order valence-electron chi connectivity index (χ4n) is 3.07. The van der Waals surface area contributed by atoms with Gasteiger partial charge >= 0.3 is 0 Å². The Hall–Kier alpha value is -0.970. The van der Waals surface area contributed by atoms with Crippen LogP contribution >= 0.6 is 11.3 Å². The van der Waals surface area contributed by atoms with Gasteiger partial charge in [-0.05, 0) is 38.9 Å². The minimum Gasteiger partial charge on any atom is -0.374 e. The molecular weight excluding hydrogens is 280 g/mol. The van der Waals surface area contributed by atoms with Crippen molar-refractivity contribution in [3.05, 3.63) is 29.3 Å². The summed E-state index contributed by atoms with van der Waals surface area (Å²) < 4.78 is 7.40. The molecule has 2 rings (SSSR count). The highest BCUT2D eigenvalue weighted by Crippen LogP contribution is 2.29. The Bertz CT molecular complexity index is 530. The fraction of sp³-hybridized carbons (Fsp3) is 0.588. The molecule has 0 radical (unpaired) electrons. The lowest BCUT2D eigenvalue weighted by molar-refractivity contribution is -0.0703. The summed E-state index contributed by atoms with van der Waals surface area (Å²) in [6.07, 6.45) is 2.93. The standard InChI is InChI=1S/C17H26N2OS/c1-5-17(6-2,20-7-3)15(18-4)12-16-19-13-10-8-9-11-14(13)21-16/h8-11,15,18H,5-7,12H2,1-4H3. The van der Waals surface area contributed by atoms with E-state index in [1.165, 1.54) is 9.71 Å². The molecule has 0 aliphatic rings. The van der Waals surface area contributed by atoms with Crippen LogP contribution in [0, 0.1) is 0 Å². The lowest BCUT2D eigenvalue weighted by atomic mass is 9.86. The zero-order valence-corrected chi connectivity index (χ0v) is 14.3. The molecule has 1 N–H and O–H groups in total. The molecule has 1 aromatic heterocycles. The number of likely N-dealkylation sites (N-methyl/N-ethyl adjacent to an activating group) is 1. The minimum atomic E-state index is -0.110. The van der Waals surface area contributed by atoms with E-state index in [1.54, 1.807) is 11.3 Å². The average molecular weight is 306 g/mol. The fourth-order valence-corrected chi connectivity index (χ4v) is 4.08. The van der Waals surface area contributed by atoms with Crippen molar-refractivity contribution in [1.82, 2.24) is 10.3 Å². The van der Waals surface area contributed by atoms with Gasteiger partial charge in [-0.3, -0.25) is 0 Å². The number of benzene rings is 1. The van der Waals surface area contributed by atoms with Crippen LogP contribution in [0.2, 0.25) is 0 Å². The van der Waals surface area contributed by atoms with Crippen molar-refractivity contribution in [2.24, 2.45) is 0 Å². The number of nitrogens with one attached hydrogen (secondary N) is 1. The first-order valence-corrected chi connectivity index (χ1v) is 8.66. The van der Waals surface area contributed by atoms with Gasteiger partial charge in [0.1, 0.15) is 0 Å². The number of para-hydroxylation sites is 1. The molecule has 0 saturated heterocycles. The third-order valence-corrected chi connectivity index (χ3v) is 5.39. The van der Waals surface area contributed by atoms with Crippen LogP contribution in [0.4, 0.5) is 0 Å². The van der Waals surface area contributed by atoms with Gasteiger partial charge in [0.25, 0.3) is 0 Å². The van der Waals surface area contributed by atoms with E-state index >= 15 is 0 Å². The molecule has 1 aromatic carbocycles. The molecule has 2 aromatic rings. The summed E-state index contributed by atoms with van der Waals surface area (Å²) in [5.41, 5.74) is 0.990. The van der Waals surface area contributed by atoms with Crippen LogP contribution < -0.4 is 5.32 Å². The molecule has 1 atom stereocenters. The predicted molar refractivity (Wildman–Crippen MR) is 91.1 cm³/mol. The molecule has 0 bridgehead atoms. The van der Waals surface area contributed by atoms with E-state index in [2.05, 4.69) is 44.3 Å². The lowest BCUT2D eigenvalue weighted by Gasteiger charge is -2.39. The molecule has 3 nitrogen and oxygen atoms in total. The van der Waals surface area contributed by atoms with Gasteiger partial charge in [-0.2, -0.15) is 0 Å². The van der Waals surface area contributed by atoms with Crippen molar-refractivity contribution in [3.8, 4) is 0 Å². The molecule has 4 heteroatoms. The van der Waals surface area contributed by atoms with E-state index < -0.39 is 0 Å². The van der Waals surface area contributed by atoms with Crippen molar-refractivity contribution in [2.45, 2.75) is 51.7 Å². The second-order valence-corrected chi connectivity index (χ2v) is 6.44. The maximum absolute atomic E-state index is 6.14. The van der Waals surface area contributed by atoms with Crippen LogP contribution in [0.25, 0.3) is 10.2 Å². The van der Waals surface area contributed by atoms with Crippen molar-refractivity contribution >= 4 is 21.6 Å². The number of thiazole rings is 1. The molecular formula is C17H26N2OS. The highest BCUT2D eigenvalue weighted by Gasteiger charge is 2.36. The van der Waals surface area contributed by atoms with Gasteiger partial charge in [0, 0.05) is 19.1 Å². The largest absolute Gasteiger partial charge is 0.374 e. The summed E-state index contributed by atoms with van der Waals surface area (Å²) in [7, 11) is 2.02. The maximum atomic E-state index is 6.14. The van der Waals surface area contributed by atoms with E-state index in [0.717, 1.165) is 31.4 Å². The Labute approximate surface area is 131 Å². The summed E-state index contributed by atoms with van der Waals surface area (Å²) in [4.78, 5) is 4.77. The second-order valence-electron chi connectivity index (χ2n) is 5.33. The third-order valence-electron chi connectivity index (χ3n) is 4.33. The summed E-state index contributed by atoms with van der Waals surface area (Å²) in [5, 5.41) is 4.65. The van der Waals surface area contributed by atoms with Gasteiger partial charge in [-0.1, -0.05) is 26.0 Å². The summed E-state index contributed by atoms with van der Waals surface area (Å²) in [5.74, 6) is 0. The maximum Gasteiger partial charge on any atom is 0.0955 e. The Morgan fingerprint density at radius 1 is 1.24 bits per heavy atom. The molecule has 0 spiro atoms. The van der Waals surface area contributed by atoms with Gasteiger partial charge < -0.3 is 10.1 Å². The Morgan fingerprint density at radius 2 is 1.95 bits per heavy atom. The zero-order chi connectivity index (χ0) is 15.3. The number of hydrogen-bond acceptors (Lipinski definition) is 4. The molecule has 116 valence electrons. The Kier molecular flexibility index (Phi) is 5.73. The Morgan fingerprint density at radius 3 is 2.52 bits per heavy atom. The van der Waals surface area contributed by atoms with E-state index in [9.17, 15) is 0 Å². The highest BCUT2D eigenvalue weighted by atomic mass is 32.1. The molecule has 0 aliphatic heterocycles. The molecule has 0 amide bonds. The van der Waals surface area contributed by atoms with Crippen LogP contribution in [0.3, 0.4) is 0 Å². The molecule has 0 saturated carbocycles. The summed E-state index contributed by atoms with van der Waals surface area (Å²) in [6.45, 7) is 7.24. The monoisotopic (exact) mass is 306 g/mol. The van der Waals surface area contributed by atoms with E-state index in [4.69, 9.17) is 9.72 Å². The Balaban J connectivity index is 2.24. The minimum absolute atomic E-state index is 0.110. The third kappa shape index (κ3) is 3.44. The molecule has 0 fully saturated rings. The first-order valence-electron chi connectivity index (χ1n) is 7.84.